The third-order valence-corrected chi connectivity index (χ3v) is 5.39. The highest BCUT2D eigenvalue weighted by Crippen LogP contribution is 2.19. The average molecular weight is 421 g/mol. The van der Waals surface area contributed by atoms with E-state index in [1.807, 2.05) is 12.1 Å². The molecule has 0 atom stereocenters. The highest BCUT2D eigenvalue weighted by atomic mass is 16.5. The summed E-state index contributed by atoms with van der Waals surface area (Å²) in [6, 6.07) is 15.6. The molecule has 2 aromatic carbocycles. The number of aryl methyl sites for hydroxylation is 1. The van der Waals surface area contributed by atoms with Gasteiger partial charge in [-0.15, -0.1) is 0 Å². The molecule has 1 aromatic heterocycles. The Hall–Kier alpha value is -3.19. The summed E-state index contributed by atoms with van der Waals surface area (Å²) in [5, 5.41) is 6.79. The first-order valence-electron chi connectivity index (χ1n) is 10.8. The number of carbonyl (C=O) groups excluding carboxylic acids is 1. The van der Waals surface area contributed by atoms with Crippen LogP contribution in [0.1, 0.15) is 52.5 Å². The number of rotatable bonds is 8. The summed E-state index contributed by atoms with van der Waals surface area (Å²) in [5.74, 6) is 1.22. The molecule has 1 amide bonds. The maximum absolute atomic E-state index is 12.7. The lowest BCUT2D eigenvalue weighted by Crippen LogP contribution is -2.29. The van der Waals surface area contributed by atoms with Gasteiger partial charge in [0.15, 0.2) is 6.61 Å². The van der Waals surface area contributed by atoms with Crippen molar-refractivity contribution >= 4 is 5.91 Å². The molecule has 1 aliphatic heterocycles. The lowest BCUT2D eigenvalue weighted by molar-refractivity contribution is 0.0946. The van der Waals surface area contributed by atoms with Crippen LogP contribution in [0.4, 0.5) is 0 Å². The van der Waals surface area contributed by atoms with Crippen molar-refractivity contribution in [1.82, 2.24) is 20.4 Å². The van der Waals surface area contributed by atoms with E-state index in [1.54, 1.807) is 19.1 Å². The van der Waals surface area contributed by atoms with E-state index in [1.165, 1.54) is 37.9 Å². The van der Waals surface area contributed by atoms with Gasteiger partial charge in [-0.05, 0) is 49.2 Å². The number of ether oxygens (including phenoxy) is 1. The lowest BCUT2D eigenvalue weighted by Gasteiger charge is -2.26. The molecule has 7 heteroatoms. The van der Waals surface area contributed by atoms with Crippen LogP contribution in [-0.2, 0) is 19.7 Å². The van der Waals surface area contributed by atoms with Crippen LogP contribution < -0.4 is 10.1 Å². The van der Waals surface area contributed by atoms with E-state index in [2.05, 4.69) is 44.6 Å². The van der Waals surface area contributed by atoms with E-state index in [9.17, 15) is 4.79 Å². The number of para-hydroxylation sites is 1. The zero-order valence-corrected chi connectivity index (χ0v) is 17.8. The van der Waals surface area contributed by atoms with E-state index < -0.39 is 0 Å². The van der Waals surface area contributed by atoms with Gasteiger partial charge in [-0.1, -0.05) is 48.0 Å². The van der Waals surface area contributed by atoms with Crippen molar-refractivity contribution in [2.45, 2.75) is 45.9 Å². The molecular formula is C24H28N4O3. The highest BCUT2D eigenvalue weighted by Gasteiger charge is 2.14. The molecule has 162 valence electrons. The van der Waals surface area contributed by atoms with Crippen LogP contribution in [-0.4, -0.2) is 34.0 Å². The van der Waals surface area contributed by atoms with Crippen molar-refractivity contribution in [2.24, 2.45) is 0 Å². The number of aromatic nitrogens is 2. The Kier molecular flexibility index (Phi) is 6.94. The van der Waals surface area contributed by atoms with E-state index in [4.69, 9.17) is 9.26 Å². The summed E-state index contributed by atoms with van der Waals surface area (Å²) in [5.41, 5.74) is 2.85. The highest BCUT2D eigenvalue weighted by molar-refractivity contribution is 5.96. The third-order valence-electron chi connectivity index (χ3n) is 5.39. The van der Waals surface area contributed by atoms with Crippen molar-refractivity contribution in [3.63, 3.8) is 0 Å². The average Bonchev–Trinajstić information content (AvgIpc) is 3.23. The molecule has 1 aliphatic rings. The van der Waals surface area contributed by atoms with Gasteiger partial charge in [-0.3, -0.25) is 9.69 Å². The zero-order chi connectivity index (χ0) is 21.5. The van der Waals surface area contributed by atoms with Gasteiger partial charge in [0, 0.05) is 20.0 Å². The van der Waals surface area contributed by atoms with Crippen molar-refractivity contribution in [3.8, 4) is 5.75 Å². The standard InChI is InChI=1S/C24H28N4O3/c1-18-26-23(27-31-18)17-30-22-8-4-3-7-21(22)24(29)25-15-19-9-11-20(12-10-19)16-28-13-5-2-6-14-28/h3-4,7-12H,2,5-6,13-17H2,1H3,(H,25,29). The number of hydrogen-bond acceptors (Lipinski definition) is 6. The fourth-order valence-electron chi connectivity index (χ4n) is 3.74. The van der Waals surface area contributed by atoms with Gasteiger partial charge in [0.25, 0.3) is 5.91 Å². The van der Waals surface area contributed by atoms with Crippen LogP contribution >= 0.6 is 0 Å². The second kappa shape index (κ2) is 10.2. The Bertz CT molecular complexity index is 994. The molecule has 0 unspecified atom stereocenters. The number of piperidine rings is 1. The Morgan fingerprint density at radius 2 is 1.81 bits per heavy atom. The summed E-state index contributed by atoms with van der Waals surface area (Å²) in [7, 11) is 0. The lowest BCUT2D eigenvalue weighted by atomic mass is 10.1. The van der Waals surface area contributed by atoms with Gasteiger partial charge in [-0.25, -0.2) is 0 Å². The minimum absolute atomic E-state index is 0.139. The van der Waals surface area contributed by atoms with E-state index in [0.717, 1.165) is 12.1 Å². The summed E-state index contributed by atoms with van der Waals surface area (Å²) in [4.78, 5) is 19.4. The van der Waals surface area contributed by atoms with Crippen LogP contribution in [0, 0.1) is 6.92 Å². The minimum Gasteiger partial charge on any atom is -0.485 e. The fraction of sp³-hybridized carbons (Fsp3) is 0.375. The minimum atomic E-state index is -0.183. The first-order chi connectivity index (χ1) is 15.2. The number of carbonyl (C=O) groups is 1. The second-order valence-electron chi connectivity index (χ2n) is 7.85. The number of nitrogens with one attached hydrogen (secondary N) is 1. The largest absolute Gasteiger partial charge is 0.485 e. The molecule has 4 rings (SSSR count). The molecule has 1 fully saturated rings. The third kappa shape index (κ3) is 5.92. The van der Waals surface area contributed by atoms with Gasteiger partial charge in [0.1, 0.15) is 5.75 Å². The summed E-state index contributed by atoms with van der Waals surface area (Å²) in [6.07, 6.45) is 3.94. The molecule has 1 saturated heterocycles. The quantitative estimate of drug-likeness (QED) is 0.596. The van der Waals surface area contributed by atoms with E-state index in [-0.39, 0.29) is 12.5 Å². The molecule has 0 saturated carbocycles. The Balaban J connectivity index is 1.31. The molecule has 2 heterocycles. The second-order valence-corrected chi connectivity index (χ2v) is 7.85. The maximum Gasteiger partial charge on any atom is 0.255 e. The SMILES string of the molecule is Cc1nc(COc2ccccc2C(=O)NCc2ccc(CN3CCCCC3)cc2)no1. The topological polar surface area (TPSA) is 80.5 Å². The molecule has 7 nitrogen and oxygen atoms in total. The molecule has 0 radical (unpaired) electrons. The van der Waals surface area contributed by atoms with Crippen LogP contribution in [0.5, 0.6) is 5.75 Å². The van der Waals surface area contributed by atoms with Crippen molar-refractivity contribution in [1.29, 1.82) is 0 Å². The summed E-state index contributed by atoms with van der Waals surface area (Å²) in [6.45, 7) is 5.69. The fourth-order valence-corrected chi connectivity index (χ4v) is 3.74. The van der Waals surface area contributed by atoms with E-state index in [0.29, 0.717) is 29.6 Å². The monoisotopic (exact) mass is 420 g/mol. The van der Waals surface area contributed by atoms with Gasteiger partial charge in [0.05, 0.1) is 5.56 Å². The molecule has 0 bridgehead atoms. The smallest absolute Gasteiger partial charge is 0.255 e. The molecule has 3 aromatic rings. The first-order valence-corrected chi connectivity index (χ1v) is 10.8. The number of amides is 1. The molecular weight excluding hydrogens is 392 g/mol. The molecule has 1 N–H and O–H groups in total. The normalized spacial score (nSPS) is 14.4. The Labute approximate surface area is 182 Å². The number of benzene rings is 2. The molecule has 0 spiro atoms. The van der Waals surface area contributed by atoms with Crippen molar-refractivity contribution in [2.75, 3.05) is 13.1 Å². The number of hydrogen-bond donors (Lipinski definition) is 1. The van der Waals surface area contributed by atoms with Gasteiger partial charge >= 0.3 is 0 Å². The van der Waals surface area contributed by atoms with Crippen LogP contribution in [0.3, 0.4) is 0 Å². The predicted octanol–water partition coefficient (Wildman–Crippen LogP) is 3.87. The Morgan fingerprint density at radius 1 is 1.06 bits per heavy atom. The molecule has 0 aliphatic carbocycles. The van der Waals surface area contributed by atoms with Gasteiger partial charge in [0.2, 0.25) is 11.7 Å². The summed E-state index contributed by atoms with van der Waals surface area (Å²) >= 11 is 0. The van der Waals surface area contributed by atoms with Gasteiger partial charge in [-0.2, -0.15) is 4.98 Å². The van der Waals surface area contributed by atoms with Crippen molar-refractivity contribution < 1.29 is 14.1 Å². The first kappa shape index (κ1) is 21.1. The maximum atomic E-state index is 12.7. The van der Waals surface area contributed by atoms with Crippen LogP contribution in [0.25, 0.3) is 0 Å². The summed E-state index contributed by atoms with van der Waals surface area (Å²) < 4.78 is 10.7. The van der Waals surface area contributed by atoms with Crippen molar-refractivity contribution in [3.05, 3.63) is 76.9 Å². The number of likely N-dealkylation sites (tertiary alicyclic amines) is 1. The Morgan fingerprint density at radius 3 is 2.55 bits per heavy atom. The number of nitrogens with zero attached hydrogens (tertiary/aromatic N) is 3. The van der Waals surface area contributed by atoms with Crippen LogP contribution in [0.15, 0.2) is 53.1 Å². The van der Waals surface area contributed by atoms with Gasteiger partial charge < -0.3 is 14.6 Å². The zero-order valence-electron chi connectivity index (χ0n) is 17.8. The molecule has 31 heavy (non-hydrogen) atoms. The van der Waals surface area contributed by atoms with E-state index >= 15 is 0 Å². The van der Waals surface area contributed by atoms with Crippen LogP contribution in [0.2, 0.25) is 0 Å². The predicted molar refractivity (Wildman–Crippen MR) is 117 cm³/mol.